The van der Waals surface area contributed by atoms with Gasteiger partial charge in [-0.1, -0.05) is 18.7 Å². The van der Waals surface area contributed by atoms with Crippen LogP contribution in [-0.4, -0.2) is 23.7 Å². The molecule has 0 radical (unpaired) electrons. The van der Waals surface area contributed by atoms with Crippen LogP contribution >= 0.6 is 0 Å². The fraction of sp³-hybridized carbons (Fsp3) is 0.143. The van der Waals surface area contributed by atoms with E-state index in [0.29, 0.717) is 12.4 Å². The minimum atomic E-state index is 0.560. The van der Waals surface area contributed by atoms with Crippen molar-refractivity contribution in [3.8, 4) is 22.6 Å². The third-order valence-corrected chi connectivity index (χ3v) is 3.88. The largest absolute Gasteiger partial charge is 0.494 e. The second kappa shape index (κ2) is 7.62. The zero-order valence-corrected chi connectivity index (χ0v) is 14.2. The predicted octanol–water partition coefficient (Wildman–Crippen LogP) is 4.90. The lowest BCUT2D eigenvalue weighted by molar-refractivity contribution is 0.328. The first-order valence-electron chi connectivity index (χ1n) is 8.06. The molecule has 126 valence electrons. The van der Waals surface area contributed by atoms with E-state index >= 15 is 0 Å². The highest BCUT2D eigenvalue weighted by atomic mass is 16.5. The molecule has 0 saturated carbocycles. The van der Waals surface area contributed by atoms with Crippen molar-refractivity contribution in [3.63, 3.8) is 0 Å². The molecule has 0 spiro atoms. The van der Waals surface area contributed by atoms with Crippen molar-refractivity contribution in [2.45, 2.75) is 6.42 Å². The number of rotatable bonds is 7. The number of ether oxygens (including phenoxy) is 2. The third kappa shape index (κ3) is 3.53. The summed E-state index contributed by atoms with van der Waals surface area (Å²) < 4.78 is 11.4. The van der Waals surface area contributed by atoms with Crippen molar-refractivity contribution < 1.29 is 9.47 Å². The maximum atomic E-state index is 5.94. The summed E-state index contributed by atoms with van der Waals surface area (Å²) in [6, 6.07) is 9.96. The van der Waals surface area contributed by atoms with E-state index in [4.69, 9.17) is 9.47 Å². The van der Waals surface area contributed by atoms with Gasteiger partial charge in [-0.15, -0.1) is 6.58 Å². The van der Waals surface area contributed by atoms with Crippen LogP contribution in [0.4, 0.5) is 0 Å². The smallest absolute Gasteiger partial charge is 0.146 e. The number of aromatic nitrogens is 2. The molecule has 2 aromatic heterocycles. The topological polar surface area (TPSA) is 44.2 Å². The van der Waals surface area contributed by atoms with Crippen LogP contribution < -0.4 is 9.47 Å². The molecular formula is C21H20N2O2. The Labute approximate surface area is 147 Å². The van der Waals surface area contributed by atoms with E-state index in [9.17, 15) is 0 Å². The number of pyridine rings is 2. The highest BCUT2D eigenvalue weighted by Crippen LogP contribution is 2.36. The van der Waals surface area contributed by atoms with Gasteiger partial charge >= 0.3 is 0 Å². The molecule has 1 aromatic carbocycles. The fourth-order valence-electron chi connectivity index (χ4n) is 2.64. The Morgan fingerprint density at radius 2 is 2.00 bits per heavy atom. The van der Waals surface area contributed by atoms with Gasteiger partial charge in [-0.3, -0.25) is 9.97 Å². The summed E-state index contributed by atoms with van der Waals surface area (Å²) in [5, 5.41) is 1.01. The van der Waals surface area contributed by atoms with Gasteiger partial charge in [-0.25, -0.2) is 0 Å². The average Bonchev–Trinajstić information content (AvgIpc) is 2.67. The first-order chi connectivity index (χ1) is 12.3. The average molecular weight is 332 g/mol. The monoisotopic (exact) mass is 332 g/mol. The minimum absolute atomic E-state index is 0.560. The summed E-state index contributed by atoms with van der Waals surface area (Å²) in [4.78, 5) is 8.76. The van der Waals surface area contributed by atoms with Gasteiger partial charge in [0.25, 0.3) is 0 Å². The number of nitrogens with zero attached hydrogens (tertiary/aromatic N) is 2. The van der Waals surface area contributed by atoms with E-state index in [-0.39, 0.29) is 0 Å². The highest BCUT2D eigenvalue weighted by Gasteiger charge is 2.12. The lowest BCUT2D eigenvalue weighted by atomic mass is 10.0. The maximum absolute atomic E-state index is 5.94. The first-order valence-corrected chi connectivity index (χ1v) is 8.06. The fourth-order valence-corrected chi connectivity index (χ4v) is 2.64. The molecule has 0 saturated heterocycles. The van der Waals surface area contributed by atoms with E-state index in [0.717, 1.165) is 39.9 Å². The summed E-state index contributed by atoms with van der Waals surface area (Å²) in [7, 11) is 1.64. The van der Waals surface area contributed by atoms with Crippen molar-refractivity contribution in [1.82, 2.24) is 9.97 Å². The summed E-state index contributed by atoms with van der Waals surface area (Å²) in [6.45, 7) is 8.08. The molecule has 3 rings (SSSR count). The molecule has 0 aliphatic carbocycles. The molecule has 0 atom stereocenters. The van der Waals surface area contributed by atoms with Crippen LogP contribution in [0.25, 0.3) is 28.1 Å². The van der Waals surface area contributed by atoms with Gasteiger partial charge in [0.1, 0.15) is 17.0 Å². The minimum Gasteiger partial charge on any atom is -0.494 e. The normalized spacial score (nSPS) is 10.4. The number of hydrogen-bond acceptors (Lipinski definition) is 4. The van der Waals surface area contributed by atoms with Crippen LogP contribution in [0.1, 0.15) is 12.1 Å². The molecule has 25 heavy (non-hydrogen) atoms. The van der Waals surface area contributed by atoms with Crippen molar-refractivity contribution in [2.24, 2.45) is 0 Å². The first kappa shape index (κ1) is 16.7. The van der Waals surface area contributed by atoms with E-state index in [1.54, 1.807) is 25.6 Å². The lowest BCUT2D eigenvalue weighted by Crippen LogP contribution is -1.98. The Balaban J connectivity index is 2.16. The predicted molar refractivity (Wildman–Crippen MR) is 102 cm³/mol. The molecule has 0 bridgehead atoms. The van der Waals surface area contributed by atoms with E-state index in [1.807, 2.05) is 30.3 Å². The zero-order chi connectivity index (χ0) is 17.6. The maximum Gasteiger partial charge on any atom is 0.146 e. The molecule has 0 N–H and O–H groups in total. The van der Waals surface area contributed by atoms with Gasteiger partial charge in [0.05, 0.1) is 25.6 Å². The quantitative estimate of drug-likeness (QED) is 0.456. The van der Waals surface area contributed by atoms with Gasteiger partial charge in [0, 0.05) is 17.1 Å². The van der Waals surface area contributed by atoms with Crippen molar-refractivity contribution in [2.75, 3.05) is 13.7 Å². The Morgan fingerprint density at radius 1 is 1.12 bits per heavy atom. The molecule has 0 unspecified atom stereocenters. The molecule has 3 aromatic rings. The Morgan fingerprint density at radius 3 is 2.76 bits per heavy atom. The van der Waals surface area contributed by atoms with Gasteiger partial charge < -0.3 is 9.47 Å². The van der Waals surface area contributed by atoms with Crippen LogP contribution in [0.15, 0.2) is 62.0 Å². The Kier molecular flexibility index (Phi) is 5.09. The molecule has 2 heterocycles. The number of benzene rings is 1. The van der Waals surface area contributed by atoms with E-state index in [2.05, 4.69) is 29.2 Å². The molecular weight excluding hydrogens is 312 g/mol. The Hall–Kier alpha value is -3.14. The second-order valence-electron chi connectivity index (χ2n) is 5.49. The van der Waals surface area contributed by atoms with Crippen LogP contribution in [0.3, 0.4) is 0 Å². The molecule has 0 amide bonds. The second-order valence-corrected chi connectivity index (χ2v) is 5.49. The third-order valence-electron chi connectivity index (χ3n) is 3.88. The molecule has 0 fully saturated rings. The molecule has 4 heteroatoms. The van der Waals surface area contributed by atoms with Crippen LogP contribution in [0.5, 0.6) is 11.5 Å². The highest BCUT2D eigenvalue weighted by molar-refractivity contribution is 5.90. The molecule has 4 nitrogen and oxygen atoms in total. The van der Waals surface area contributed by atoms with Crippen molar-refractivity contribution >= 4 is 17.0 Å². The Bertz CT molecular complexity index is 919. The van der Waals surface area contributed by atoms with Crippen LogP contribution in [0, 0.1) is 0 Å². The number of methoxy groups -OCH3 is 1. The van der Waals surface area contributed by atoms with E-state index in [1.165, 1.54) is 0 Å². The van der Waals surface area contributed by atoms with Crippen LogP contribution in [0.2, 0.25) is 0 Å². The summed E-state index contributed by atoms with van der Waals surface area (Å²) in [5.74, 6) is 1.44. The van der Waals surface area contributed by atoms with E-state index < -0.39 is 0 Å². The van der Waals surface area contributed by atoms with Gasteiger partial charge in [0.2, 0.25) is 0 Å². The summed E-state index contributed by atoms with van der Waals surface area (Å²) in [6.07, 6.45) is 7.80. The standard InChI is InChI=1S/C21H20N2O2/c1-4-6-10-25-19-12-16(11-15-8-7-9-22-21(15)19)18-13-17(5-2)23-14-20(18)24-3/h4-5,7-9,11-14H,1-2,6,10H2,3H3. The zero-order valence-electron chi connectivity index (χ0n) is 14.2. The van der Waals surface area contributed by atoms with Crippen molar-refractivity contribution in [3.05, 3.63) is 67.7 Å². The number of fused-ring (bicyclic) bond motifs is 1. The summed E-state index contributed by atoms with van der Waals surface area (Å²) in [5.41, 5.74) is 3.55. The lowest BCUT2D eigenvalue weighted by Gasteiger charge is -2.13. The van der Waals surface area contributed by atoms with Gasteiger partial charge in [0.15, 0.2) is 0 Å². The SMILES string of the molecule is C=CCCOc1cc(-c2cc(C=C)ncc2OC)cc2cccnc12. The summed E-state index contributed by atoms with van der Waals surface area (Å²) >= 11 is 0. The molecule has 0 aliphatic rings. The van der Waals surface area contributed by atoms with Gasteiger partial charge in [-0.05, 0) is 42.3 Å². The van der Waals surface area contributed by atoms with Crippen molar-refractivity contribution in [1.29, 1.82) is 0 Å². The molecule has 0 aliphatic heterocycles. The van der Waals surface area contributed by atoms with Crippen LogP contribution in [-0.2, 0) is 0 Å². The van der Waals surface area contributed by atoms with Gasteiger partial charge in [-0.2, -0.15) is 0 Å². The number of hydrogen-bond donors (Lipinski definition) is 0.